The third-order valence-electron chi connectivity index (χ3n) is 2.21. The summed E-state index contributed by atoms with van der Waals surface area (Å²) in [6.45, 7) is 0.953. The molecule has 88 valence electrons. The Hall–Kier alpha value is -0.850. The lowest BCUT2D eigenvalue weighted by Crippen LogP contribution is -2.43. The summed E-state index contributed by atoms with van der Waals surface area (Å²) in [5.74, 6) is -4.46. The van der Waals surface area contributed by atoms with Gasteiger partial charge in [0.2, 0.25) is 5.95 Å². The van der Waals surface area contributed by atoms with Crippen molar-refractivity contribution in [2.45, 2.75) is 6.18 Å². The number of piperazine rings is 1. The summed E-state index contributed by atoms with van der Waals surface area (Å²) in [5.41, 5.74) is 0. The molecule has 0 aliphatic carbocycles. The van der Waals surface area contributed by atoms with Gasteiger partial charge < -0.3 is 9.80 Å². The van der Waals surface area contributed by atoms with Crippen molar-refractivity contribution in [3.63, 3.8) is 0 Å². The highest BCUT2D eigenvalue weighted by atomic mass is 19.4. The lowest BCUT2D eigenvalue weighted by atomic mass is 10.3. The Morgan fingerprint density at radius 2 is 1.47 bits per heavy atom. The summed E-state index contributed by atoms with van der Waals surface area (Å²) in [6.07, 6.45) is -5.24. The van der Waals surface area contributed by atoms with E-state index in [2.05, 4.69) is 0 Å². The zero-order valence-corrected chi connectivity index (χ0v) is 8.11. The van der Waals surface area contributed by atoms with E-state index in [4.69, 9.17) is 0 Å². The van der Waals surface area contributed by atoms with Crippen LogP contribution in [0.3, 0.4) is 0 Å². The van der Waals surface area contributed by atoms with Crippen LogP contribution in [0.2, 0.25) is 0 Å². The van der Waals surface area contributed by atoms with Crippen LogP contribution in [-0.4, -0.2) is 49.2 Å². The maximum atomic E-state index is 13.0. The second kappa shape index (κ2) is 4.34. The van der Waals surface area contributed by atoms with Gasteiger partial charge >= 0.3 is 6.18 Å². The smallest absolute Gasteiger partial charge is 0.343 e. The van der Waals surface area contributed by atoms with Crippen LogP contribution in [0.4, 0.5) is 22.0 Å². The largest absolute Gasteiger partial charge is 0.447 e. The highest BCUT2D eigenvalue weighted by Crippen LogP contribution is 2.31. The number of hydrogen-bond acceptors (Lipinski definition) is 2. The van der Waals surface area contributed by atoms with E-state index in [0.717, 1.165) is 4.90 Å². The van der Waals surface area contributed by atoms with Crippen molar-refractivity contribution in [1.82, 2.24) is 9.80 Å². The molecule has 0 saturated carbocycles. The maximum absolute atomic E-state index is 13.0. The first-order valence-electron chi connectivity index (χ1n) is 4.38. The molecule has 0 radical (unpaired) electrons. The van der Waals surface area contributed by atoms with Gasteiger partial charge in [-0.15, -0.1) is 0 Å². The van der Waals surface area contributed by atoms with Crippen molar-refractivity contribution >= 4 is 0 Å². The summed E-state index contributed by atoms with van der Waals surface area (Å²) < 4.78 is 61.0. The van der Waals surface area contributed by atoms with Crippen molar-refractivity contribution in [3.05, 3.63) is 11.8 Å². The number of likely N-dealkylation sites (N-methyl/N-ethyl adjacent to an activating group) is 1. The van der Waals surface area contributed by atoms with Gasteiger partial charge in [0.1, 0.15) is 0 Å². The second-order valence-corrected chi connectivity index (χ2v) is 3.39. The number of halogens is 5. The predicted octanol–water partition coefficient (Wildman–Crippen LogP) is 1.90. The predicted molar refractivity (Wildman–Crippen MR) is 44.4 cm³/mol. The van der Waals surface area contributed by atoms with Crippen LogP contribution in [0.5, 0.6) is 0 Å². The standard InChI is InChI=1S/C8H11F5N2/c1-14-2-4-15(5-3-14)7(10)6(9)8(11,12)13/h2-5H2,1H3/b7-6-. The Morgan fingerprint density at radius 1 is 1.00 bits per heavy atom. The summed E-state index contributed by atoms with van der Waals surface area (Å²) >= 11 is 0. The van der Waals surface area contributed by atoms with E-state index in [9.17, 15) is 22.0 Å². The molecule has 0 N–H and O–H groups in total. The van der Waals surface area contributed by atoms with Crippen LogP contribution < -0.4 is 0 Å². The Kier molecular flexibility index (Phi) is 3.54. The number of rotatable bonds is 1. The molecule has 0 aromatic carbocycles. The van der Waals surface area contributed by atoms with Gasteiger partial charge in [0.25, 0.3) is 5.83 Å². The Morgan fingerprint density at radius 3 is 1.87 bits per heavy atom. The normalized spacial score (nSPS) is 21.6. The van der Waals surface area contributed by atoms with Crippen molar-refractivity contribution in [2.75, 3.05) is 33.2 Å². The second-order valence-electron chi connectivity index (χ2n) is 3.39. The number of allylic oxidation sites excluding steroid dienone is 1. The molecule has 1 aliphatic rings. The Labute approximate surface area is 83.9 Å². The highest BCUT2D eigenvalue weighted by molar-refractivity contribution is 5.05. The van der Waals surface area contributed by atoms with E-state index >= 15 is 0 Å². The molecule has 1 heterocycles. The molecule has 0 amide bonds. The first-order chi connectivity index (χ1) is 6.82. The van der Waals surface area contributed by atoms with E-state index in [1.54, 1.807) is 7.05 Å². The van der Waals surface area contributed by atoms with Crippen LogP contribution in [0.15, 0.2) is 11.8 Å². The lowest BCUT2D eigenvalue weighted by molar-refractivity contribution is -0.113. The molecule has 2 nitrogen and oxygen atoms in total. The molecule has 0 bridgehead atoms. The van der Waals surface area contributed by atoms with Crippen LogP contribution in [0.25, 0.3) is 0 Å². The summed E-state index contributed by atoms with van der Waals surface area (Å²) in [6, 6.07) is 0. The highest BCUT2D eigenvalue weighted by Gasteiger charge is 2.40. The SMILES string of the molecule is CN1CCN(/C(F)=C(\F)C(F)(F)F)CC1. The molecule has 0 aromatic rings. The maximum Gasteiger partial charge on any atom is 0.447 e. The third kappa shape index (κ3) is 3.05. The van der Waals surface area contributed by atoms with Crippen LogP contribution in [-0.2, 0) is 0 Å². The van der Waals surface area contributed by atoms with E-state index in [1.165, 1.54) is 0 Å². The van der Waals surface area contributed by atoms with Gasteiger partial charge in [-0.1, -0.05) is 0 Å². The number of hydrogen-bond donors (Lipinski definition) is 0. The molecular weight excluding hydrogens is 219 g/mol. The average Bonchev–Trinajstić information content (AvgIpc) is 2.15. The lowest BCUT2D eigenvalue weighted by Gasteiger charge is -2.32. The molecule has 0 atom stereocenters. The molecule has 0 aromatic heterocycles. The number of nitrogens with zero attached hydrogens (tertiary/aromatic N) is 2. The minimum atomic E-state index is -5.24. The van der Waals surface area contributed by atoms with Crippen molar-refractivity contribution in [3.8, 4) is 0 Å². The fraction of sp³-hybridized carbons (Fsp3) is 0.750. The fourth-order valence-electron chi connectivity index (χ4n) is 1.26. The van der Waals surface area contributed by atoms with Crippen molar-refractivity contribution in [2.24, 2.45) is 0 Å². The molecule has 1 rings (SSSR count). The van der Waals surface area contributed by atoms with Gasteiger partial charge in [0.15, 0.2) is 0 Å². The van der Waals surface area contributed by atoms with E-state index < -0.39 is 18.0 Å². The molecule has 0 unspecified atom stereocenters. The molecule has 15 heavy (non-hydrogen) atoms. The molecular formula is C8H11F5N2. The van der Waals surface area contributed by atoms with Crippen molar-refractivity contribution < 1.29 is 22.0 Å². The first kappa shape index (κ1) is 12.2. The molecule has 1 saturated heterocycles. The minimum absolute atomic E-state index is 0.0613. The van der Waals surface area contributed by atoms with Crippen LogP contribution >= 0.6 is 0 Å². The summed E-state index contributed by atoms with van der Waals surface area (Å²) in [4.78, 5) is 2.60. The minimum Gasteiger partial charge on any atom is -0.343 e. The Balaban J connectivity index is 2.72. The van der Waals surface area contributed by atoms with Gasteiger partial charge in [-0.05, 0) is 7.05 Å². The van der Waals surface area contributed by atoms with Gasteiger partial charge in [0.05, 0.1) is 0 Å². The molecule has 1 aliphatic heterocycles. The molecule has 7 heteroatoms. The summed E-state index contributed by atoms with van der Waals surface area (Å²) in [7, 11) is 1.76. The van der Waals surface area contributed by atoms with E-state index in [1.807, 2.05) is 4.90 Å². The van der Waals surface area contributed by atoms with Gasteiger partial charge in [-0.3, -0.25) is 0 Å². The van der Waals surface area contributed by atoms with E-state index in [-0.39, 0.29) is 13.1 Å². The fourth-order valence-corrected chi connectivity index (χ4v) is 1.26. The number of alkyl halides is 3. The zero-order valence-electron chi connectivity index (χ0n) is 8.11. The zero-order chi connectivity index (χ0) is 11.6. The molecule has 0 spiro atoms. The monoisotopic (exact) mass is 230 g/mol. The third-order valence-corrected chi connectivity index (χ3v) is 2.21. The van der Waals surface area contributed by atoms with Crippen molar-refractivity contribution in [1.29, 1.82) is 0 Å². The molecule has 1 fully saturated rings. The quantitative estimate of drug-likeness (QED) is 0.501. The van der Waals surface area contributed by atoms with Gasteiger partial charge in [-0.2, -0.15) is 22.0 Å². The van der Waals surface area contributed by atoms with Gasteiger partial charge in [0, 0.05) is 26.2 Å². The topological polar surface area (TPSA) is 6.48 Å². The van der Waals surface area contributed by atoms with Crippen LogP contribution in [0, 0.1) is 0 Å². The first-order valence-corrected chi connectivity index (χ1v) is 4.38. The average molecular weight is 230 g/mol. The van der Waals surface area contributed by atoms with E-state index in [0.29, 0.717) is 13.1 Å². The summed E-state index contributed by atoms with van der Waals surface area (Å²) in [5, 5.41) is 0. The van der Waals surface area contributed by atoms with Gasteiger partial charge in [-0.25, -0.2) is 0 Å². The Bertz CT molecular complexity index is 252. The van der Waals surface area contributed by atoms with Crippen LogP contribution in [0.1, 0.15) is 0 Å².